The number of nitrogens with zero attached hydrogens (tertiary/aromatic N) is 1. The van der Waals surface area contributed by atoms with Crippen molar-refractivity contribution in [2.75, 3.05) is 32.0 Å². The minimum atomic E-state index is -0.149. The predicted molar refractivity (Wildman–Crippen MR) is 79.7 cm³/mol. The second-order valence-corrected chi connectivity index (χ2v) is 6.77. The summed E-state index contributed by atoms with van der Waals surface area (Å²) in [6.45, 7) is 5.11. The van der Waals surface area contributed by atoms with Crippen LogP contribution in [-0.2, 0) is 4.74 Å². The van der Waals surface area contributed by atoms with Crippen molar-refractivity contribution in [1.82, 2.24) is 10.2 Å². The maximum Gasteiger partial charge on any atom is 0.409 e. The zero-order valence-electron chi connectivity index (χ0n) is 11.9. The van der Waals surface area contributed by atoms with Gasteiger partial charge in [-0.15, -0.1) is 0 Å². The zero-order chi connectivity index (χ0) is 13.5. The summed E-state index contributed by atoms with van der Waals surface area (Å²) in [5.41, 5.74) is 0. The summed E-state index contributed by atoms with van der Waals surface area (Å²) in [6.07, 6.45) is 6.09. The number of piperidine rings is 1. The number of nitrogens with one attached hydrogen (secondary N) is 1. The van der Waals surface area contributed by atoms with E-state index in [4.69, 9.17) is 4.74 Å². The summed E-state index contributed by atoms with van der Waals surface area (Å²) in [6, 6.07) is 0.577. The fourth-order valence-electron chi connectivity index (χ4n) is 2.75. The molecule has 0 aliphatic carbocycles. The SMILES string of the molecule is CCOC(=O)N1CCC(NCC2CCCCS2)CC1. The Labute approximate surface area is 120 Å². The van der Waals surface area contributed by atoms with Gasteiger partial charge in [0.15, 0.2) is 0 Å². The molecule has 0 spiro atoms. The van der Waals surface area contributed by atoms with Gasteiger partial charge in [0.1, 0.15) is 0 Å². The van der Waals surface area contributed by atoms with E-state index in [2.05, 4.69) is 17.1 Å². The highest BCUT2D eigenvalue weighted by atomic mass is 32.2. The number of carbonyl (C=O) groups excluding carboxylic acids is 1. The zero-order valence-corrected chi connectivity index (χ0v) is 12.7. The number of rotatable bonds is 4. The van der Waals surface area contributed by atoms with Crippen LogP contribution in [0.25, 0.3) is 0 Å². The first-order valence-corrected chi connectivity index (χ1v) is 8.61. The third-order valence-electron chi connectivity index (χ3n) is 3.93. The number of ether oxygens (including phenoxy) is 1. The third-order valence-corrected chi connectivity index (χ3v) is 5.33. The second-order valence-electron chi connectivity index (χ2n) is 5.36. The lowest BCUT2D eigenvalue weighted by atomic mass is 10.0. The number of amides is 1. The number of thioether (sulfide) groups is 1. The summed E-state index contributed by atoms with van der Waals surface area (Å²) in [5.74, 6) is 1.33. The fourth-order valence-corrected chi connectivity index (χ4v) is 4.00. The van der Waals surface area contributed by atoms with E-state index in [1.165, 1.54) is 25.0 Å². The highest BCUT2D eigenvalue weighted by molar-refractivity contribution is 7.99. The molecule has 2 aliphatic heterocycles. The Morgan fingerprint density at radius 2 is 2.11 bits per heavy atom. The van der Waals surface area contributed by atoms with Crippen LogP contribution in [0.15, 0.2) is 0 Å². The lowest BCUT2D eigenvalue weighted by molar-refractivity contribution is 0.0951. The molecular formula is C14H26N2O2S. The molecule has 2 heterocycles. The van der Waals surface area contributed by atoms with Gasteiger partial charge in [-0.1, -0.05) is 6.42 Å². The van der Waals surface area contributed by atoms with Gasteiger partial charge in [-0.2, -0.15) is 11.8 Å². The molecule has 1 amide bonds. The molecule has 0 bridgehead atoms. The summed E-state index contributed by atoms with van der Waals surface area (Å²) in [7, 11) is 0. The Morgan fingerprint density at radius 3 is 2.74 bits per heavy atom. The molecule has 0 radical (unpaired) electrons. The van der Waals surface area contributed by atoms with E-state index in [1.807, 2.05) is 11.8 Å². The van der Waals surface area contributed by atoms with Gasteiger partial charge in [0.2, 0.25) is 0 Å². The van der Waals surface area contributed by atoms with Gasteiger partial charge in [0, 0.05) is 30.9 Å². The molecule has 0 aromatic rings. The summed E-state index contributed by atoms with van der Waals surface area (Å²) in [5, 5.41) is 4.49. The van der Waals surface area contributed by atoms with Gasteiger partial charge in [0.25, 0.3) is 0 Å². The Bertz CT molecular complexity index is 275. The Hall–Kier alpha value is -0.420. The Balaban J connectivity index is 1.61. The molecule has 2 fully saturated rings. The van der Waals surface area contributed by atoms with E-state index < -0.39 is 0 Å². The van der Waals surface area contributed by atoms with Gasteiger partial charge < -0.3 is 15.0 Å². The van der Waals surface area contributed by atoms with Crippen LogP contribution < -0.4 is 5.32 Å². The molecule has 1 unspecified atom stereocenters. The van der Waals surface area contributed by atoms with Gasteiger partial charge in [-0.3, -0.25) is 0 Å². The van der Waals surface area contributed by atoms with E-state index in [-0.39, 0.29) is 6.09 Å². The highest BCUT2D eigenvalue weighted by Gasteiger charge is 2.24. The van der Waals surface area contributed by atoms with Crippen LogP contribution in [-0.4, -0.2) is 54.3 Å². The summed E-state index contributed by atoms with van der Waals surface area (Å²) >= 11 is 2.12. The molecule has 0 aromatic carbocycles. The largest absolute Gasteiger partial charge is 0.450 e. The maximum atomic E-state index is 11.6. The van der Waals surface area contributed by atoms with Crippen molar-refractivity contribution in [2.24, 2.45) is 0 Å². The van der Waals surface area contributed by atoms with Crippen LogP contribution in [0.1, 0.15) is 39.0 Å². The van der Waals surface area contributed by atoms with Crippen molar-refractivity contribution in [3.8, 4) is 0 Å². The molecule has 5 heteroatoms. The average molecular weight is 286 g/mol. The van der Waals surface area contributed by atoms with Crippen LogP contribution in [0.2, 0.25) is 0 Å². The maximum absolute atomic E-state index is 11.6. The van der Waals surface area contributed by atoms with E-state index in [9.17, 15) is 4.79 Å². The van der Waals surface area contributed by atoms with Crippen molar-refractivity contribution < 1.29 is 9.53 Å². The first kappa shape index (κ1) is 15.0. The van der Waals surface area contributed by atoms with Crippen molar-refractivity contribution >= 4 is 17.9 Å². The average Bonchev–Trinajstić information content (AvgIpc) is 2.47. The Morgan fingerprint density at radius 1 is 1.32 bits per heavy atom. The minimum absolute atomic E-state index is 0.149. The lowest BCUT2D eigenvalue weighted by Crippen LogP contribution is -2.46. The van der Waals surface area contributed by atoms with Crippen molar-refractivity contribution in [3.05, 3.63) is 0 Å². The quantitative estimate of drug-likeness (QED) is 0.862. The molecule has 110 valence electrons. The van der Waals surface area contributed by atoms with Gasteiger partial charge in [-0.05, 0) is 38.4 Å². The van der Waals surface area contributed by atoms with Gasteiger partial charge >= 0.3 is 6.09 Å². The van der Waals surface area contributed by atoms with Crippen molar-refractivity contribution in [1.29, 1.82) is 0 Å². The van der Waals surface area contributed by atoms with Crippen molar-refractivity contribution in [3.63, 3.8) is 0 Å². The molecule has 4 nitrogen and oxygen atoms in total. The van der Waals surface area contributed by atoms with E-state index in [1.54, 1.807) is 0 Å². The van der Waals surface area contributed by atoms with Gasteiger partial charge in [0.05, 0.1) is 6.61 Å². The Kier molecular flexibility index (Phi) is 6.31. The lowest BCUT2D eigenvalue weighted by Gasteiger charge is -2.33. The van der Waals surface area contributed by atoms with Crippen LogP contribution in [0, 0.1) is 0 Å². The monoisotopic (exact) mass is 286 g/mol. The summed E-state index contributed by atoms with van der Waals surface area (Å²) < 4.78 is 5.03. The smallest absolute Gasteiger partial charge is 0.409 e. The number of likely N-dealkylation sites (tertiary alicyclic amines) is 1. The molecular weight excluding hydrogens is 260 g/mol. The van der Waals surface area contributed by atoms with Crippen LogP contribution in [0.3, 0.4) is 0 Å². The number of carbonyl (C=O) groups is 1. The molecule has 19 heavy (non-hydrogen) atoms. The normalized spacial score (nSPS) is 25.3. The molecule has 2 aliphatic rings. The standard InChI is InChI=1S/C14H26N2O2S/c1-2-18-14(17)16-8-6-12(7-9-16)15-11-13-5-3-4-10-19-13/h12-13,15H,2-11H2,1H3. The van der Waals surface area contributed by atoms with Crippen LogP contribution in [0.5, 0.6) is 0 Å². The summed E-state index contributed by atoms with van der Waals surface area (Å²) in [4.78, 5) is 13.4. The highest BCUT2D eigenvalue weighted by Crippen LogP contribution is 2.24. The van der Waals surface area contributed by atoms with Crippen LogP contribution in [0.4, 0.5) is 4.79 Å². The van der Waals surface area contributed by atoms with E-state index in [0.29, 0.717) is 12.6 Å². The molecule has 0 saturated carbocycles. The van der Waals surface area contributed by atoms with Crippen LogP contribution >= 0.6 is 11.8 Å². The third kappa shape index (κ3) is 4.88. The first-order valence-electron chi connectivity index (χ1n) is 7.56. The van der Waals surface area contributed by atoms with E-state index >= 15 is 0 Å². The molecule has 2 rings (SSSR count). The molecule has 1 atom stereocenters. The fraction of sp³-hybridized carbons (Fsp3) is 0.929. The second kappa shape index (κ2) is 8.00. The molecule has 0 aromatic heterocycles. The topological polar surface area (TPSA) is 41.6 Å². The van der Waals surface area contributed by atoms with Crippen molar-refractivity contribution in [2.45, 2.75) is 50.3 Å². The van der Waals surface area contributed by atoms with Gasteiger partial charge in [-0.25, -0.2) is 4.79 Å². The predicted octanol–water partition coefficient (Wildman–Crippen LogP) is 2.48. The first-order chi connectivity index (χ1) is 9.29. The molecule has 1 N–H and O–H groups in total. The number of hydrogen-bond acceptors (Lipinski definition) is 4. The minimum Gasteiger partial charge on any atom is -0.450 e. The number of hydrogen-bond donors (Lipinski definition) is 1. The molecule has 2 saturated heterocycles. The van der Waals surface area contributed by atoms with E-state index in [0.717, 1.165) is 37.7 Å².